The van der Waals surface area contributed by atoms with E-state index >= 15 is 0 Å². The standard InChI is InChI=1S/C19H23NO/c1-14-4-3-5-19(15(14)2)16-10-12-20(13-11-16)17-6-8-18(21)9-7-17/h3-9,16,21H,10-13H2,1-2H3. The minimum atomic E-state index is 0.337. The summed E-state index contributed by atoms with van der Waals surface area (Å²) in [6.45, 7) is 6.62. The van der Waals surface area contributed by atoms with Crippen LogP contribution in [-0.2, 0) is 0 Å². The van der Waals surface area contributed by atoms with Crippen molar-refractivity contribution in [1.29, 1.82) is 0 Å². The quantitative estimate of drug-likeness (QED) is 0.882. The molecule has 0 spiro atoms. The number of hydrogen-bond donors (Lipinski definition) is 1. The summed E-state index contributed by atoms with van der Waals surface area (Å²) in [4.78, 5) is 2.42. The number of phenols is 1. The average Bonchev–Trinajstić information content (AvgIpc) is 2.51. The predicted octanol–water partition coefficient (Wildman–Crippen LogP) is 4.39. The number of piperidine rings is 1. The number of nitrogens with zero attached hydrogens (tertiary/aromatic N) is 1. The van der Waals surface area contributed by atoms with Gasteiger partial charge in [0.1, 0.15) is 5.75 Å². The van der Waals surface area contributed by atoms with Gasteiger partial charge in [-0.3, -0.25) is 0 Å². The lowest BCUT2D eigenvalue weighted by molar-refractivity contribution is 0.474. The van der Waals surface area contributed by atoms with E-state index < -0.39 is 0 Å². The Bertz CT molecular complexity index is 610. The van der Waals surface area contributed by atoms with Crippen LogP contribution in [0, 0.1) is 13.8 Å². The van der Waals surface area contributed by atoms with Gasteiger partial charge in [0.25, 0.3) is 0 Å². The van der Waals surface area contributed by atoms with E-state index in [1.165, 1.54) is 35.2 Å². The van der Waals surface area contributed by atoms with Crippen LogP contribution in [0.5, 0.6) is 5.75 Å². The third-order valence-electron chi connectivity index (χ3n) is 4.80. The Kier molecular flexibility index (Phi) is 3.87. The zero-order valence-electron chi connectivity index (χ0n) is 12.8. The highest BCUT2D eigenvalue weighted by Crippen LogP contribution is 2.33. The SMILES string of the molecule is Cc1cccc(C2CCN(c3ccc(O)cc3)CC2)c1C. The van der Waals surface area contributed by atoms with E-state index in [4.69, 9.17) is 0 Å². The molecule has 0 aliphatic carbocycles. The summed E-state index contributed by atoms with van der Waals surface area (Å²) in [6, 6.07) is 14.2. The van der Waals surface area contributed by atoms with Gasteiger partial charge in [0.05, 0.1) is 0 Å². The van der Waals surface area contributed by atoms with Crippen LogP contribution in [0.2, 0.25) is 0 Å². The largest absolute Gasteiger partial charge is 0.508 e. The fraction of sp³-hybridized carbons (Fsp3) is 0.368. The monoisotopic (exact) mass is 281 g/mol. The first-order valence-corrected chi connectivity index (χ1v) is 7.75. The van der Waals surface area contributed by atoms with Crippen LogP contribution in [0.3, 0.4) is 0 Å². The third kappa shape index (κ3) is 2.90. The number of hydrogen-bond acceptors (Lipinski definition) is 2. The van der Waals surface area contributed by atoms with Crippen LogP contribution in [0.4, 0.5) is 5.69 Å². The normalized spacial score (nSPS) is 16.2. The van der Waals surface area contributed by atoms with Crippen molar-refractivity contribution in [2.24, 2.45) is 0 Å². The van der Waals surface area contributed by atoms with Gasteiger partial charge >= 0.3 is 0 Å². The molecule has 0 radical (unpaired) electrons. The van der Waals surface area contributed by atoms with E-state index in [0.29, 0.717) is 11.7 Å². The third-order valence-corrected chi connectivity index (χ3v) is 4.80. The van der Waals surface area contributed by atoms with Crippen LogP contribution in [-0.4, -0.2) is 18.2 Å². The summed E-state index contributed by atoms with van der Waals surface area (Å²) >= 11 is 0. The lowest BCUT2D eigenvalue weighted by atomic mass is 9.85. The average molecular weight is 281 g/mol. The maximum Gasteiger partial charge on any atom is 0.115 e. The smallest absolute Gasteiger partial charge is 0.115 e. The van der Waals surface area contributed by atoms with Crippen LogP contribution in [0.1, 0.15) is 35.4 Å². The zero-order chi connectivity index (χ0) is 14.8. The number of phenolic OH excluding ortho intramolecular Hbond substituents is 1. The molecule has 0 saturated carbocycles. The van der Waals surface area contributed by atoms with Gasteiger partial charge in [-0.2, -0.15) is 0 Å². The molecular weight excluding hydrogens is 258 g/mol. The van der Waals surface area contributed by atoms with Gasteiger partial charge in [-0.1, -0.05) is 18.2 Å². The van der Waals surface area contributed by atoms with Crippen molar-refractivity contribution in [2.75, 3.05) is 18.0 Å². The van der Waals surface area contributed by atoms with Crippen molar-refractivity contribution < 1.29 is 5.11 Å². The highest BCUT2D eigenvalue weighted by atomic mass is 16.3. The first kappa shape index (κ1) is 14.0. The Labute approximate surface area is 127 Å². The molecule has 1 saturated heterocycles. The molecule has 0 unspecified atom stereocenters. The molecule has 1 fully saturated rings. The van der Waals surface area contributed by atoms with Gasteiger partial charge in [-0.05, 0) is 73.6 Å². The fourth-order valence-electron chi connectivity index (χ4n) is 3.33. The second kappa shape index (κ2) is 5.80. The molecule has 3 rings (SSSR count). The molecule has 0 atom stereocenters. The molecule has 1 aliphatic heterocycles. The highest BCUT2D eigenvalue weighted by molar-refractivity contribution is 5.49. The first-order valence-electron chi connectivity index (χ1n) is 7.75. The van der Waals surface area contributed by atoms with Crippen molar-refractivity contribution in [1.82, 2.24) is 0 Å². The highest BCUT2D eigenvalue weighted by Gasteiger charge is 2.22. The second-order valence-corrected chi connectivity index (χ2v) is 6.07. The molecule has 110 valence electrons. The van der Waals surface area contributed by atoms with E-state index in [0.717, 1.165) is 13.1 Å². The topological polar surface area (TPSA) is 23.5 Å². The molecule has 0 amide bonds. The lowest BCUT2D eigenvalue weighted by Crippen LogP contribution is -2.33. The summed E-state index contributed by atoms with van der Waals surface area (Å²) < 4.78 is 0. The molecule has 21 heavy (non-hydrogen) atoms. The molecule has 0 aromatic heterocycles. The van der Waals surface area contributed by atoms with Crippen molar-refractivity contribution in [2.45, 2.75) is 32.6 Å². The first-order chi connectivity index (χ1) is 10.1. The Morgan fingerprint density at radius 2 is 1.62 bits per heavy atom. The molecule has 2 nitrogen and oxygen atoms in total. The maximum absolute atomic E-state index is 9.38. The minimum Gasteiger partial charge on any atom is -0.508 e. The molecular formula is C19H23NO. The number of rotatable bonds is 2. The lowest BCUT2D eigenvalue weighted by Gasteiger charge is -2.34. The number of aromatic hydroxyl groups is 1. The van der Waals surface area contributed by atoms with E-state index in [1.54, 1.807) is 12.1 Å². The fourth-order valence-corrected chi connectivity index (χ4v) is 3.33. The summed E-state index contributed by atoms with van der Waals surface area (Å²) in [7, 11) is 0. The summed E-state index contributed by atoms with van der Waals surface area (Å²) in [5.41, 5.74) is 5.60. The van der Waals surface area contributed by atoms with E-state index in [-0.39, 0.29) is 0 Å². The summed E-state index contributed by atoms with van der Waals surface area (Å²) in [5, 5.41) is 9.38. The van der Waals surface area contributed by atoms with Crippen LogP contribution in [0.15, 0.2) is 42.5 Å². The van der Waals surface area contributed by atoms with Crippen LogP contribution in [0.25, 0.3) is 0 Å². The molecule has 2 aromatic rings. The van der Waals surface area contributed by atoms with Crippen molar-refractivity contribution >= 4 is 5.69 Å². The number of benzene rings is 2. The predicted molar refractivity (Wildman–Crippen MR) is 88.2 cm³/mol. The van der Waals surface area contributed by atoms with E-state index in [2.05, 4.69) is 36.9 Å². The van der Waals surface area contributed by atoms with Gasteiger partial charge in [0.15, 0.2) is 0 Å². The molecule has 0 bridgehead atoms. The van der Waals surface area contributed by atoms with Crippen molar-refractivity contribution in [3.05, 3.63) is 59.2 Å². The molecule has 2 aromatic carbocycles. The van der Waals surface area contributed by atoms with Gasteiger partial charge in [0.2, 0.25) is 0 Å². The van der Waals surface area contributed by atoms with E-state index in [1.807, 2.05) is 12.1 Å². The Hall–Kier alpha value is -1.96. The number of anilines is 1. The van der Waals surface area contributed by atoms with Gasteiger partial charge in [-0.25, -0.2) is 0 Å². The van der Waals surface area contributed by atoms with E-state index in [9.17, 15) is 5.11 Å². The molecule has 2 heteroatoms. The molecule has 1 N–H and O–H groups in total. The van der Waals surface area contributed by atoms with Gasteiger partial charge < -0.3 is 10.0 Å². The van der Waals surface area contributed by atoms with Gasteiger partial charge in [-0.15, -0.1) is 0 Å². The van der Waals surface area contributed by atoms with Crippen molar-refractivity contribution in [3.8, 4) is 5.75 Å². The number of aryl methyl sites for hydroxylation is 1. The van der Waals surface area contributed by atoms with Crippen LogP contribution >= 0.6 is 0 Å². The molecule has 1 aliphatic rings. The Morgan fingerprint density at radius 3 is 2.29 bits per heavy atom. The second-order valence-electron chi connectivity index (χ2n) is 6.07. The molecule has 1 heterocycles. The zero-order valence-corrected chi connectivity index (χ0v) is 12.8. The van der Waals surface area contributed by atoms with Crippen LogP contribution < -0.4 is 4.90 Å². The Morgan fingerprint density at radius 1 is 0.952 bits per heavy atom. The van der Waals surface area contributed by atoms with Gasteiger partial charge in [0, 0.05) is 18.8 Å². The summed E-state index contributed by atoms with van der Waals surface area (Å²) in [5.74, 6) is 1.02. The maximum atomic E-state index is 9.38. The summed E-state index contributed by atoms with van der Waals surface area (Å²) in [6.07, 6.45) is 2.40. The van der Waals surface area contributed by atoms with Crippen molar-refractivity contribution in [3.63, 3.8) is 0 Å². The Balaban J connectivity index is 1.70. The minimum absolute atomic E-state index is 0.337.